The van der Waals surface area contributed by atoms with Gasteiger partial charge in [-0.2, -0.15) is 0 Å². The quantitative estimate of drug-likeness (QED) is 0.437. The second-order valence-electron chi connectivity index (χ2n) is 2.75. The molecule has 0 aliphatic carbocycles. The lowest BCUT2D eigenvalue weighted by Crippen LogP contribution is -2.33. The minimum atomic E-state index is 0.431. The molecule has 0 rings (SSSR count). The van der Waals surface area contributed by atoms with Gasteiger partial charge in [0, 0.05) is 19.0 Å². The smallest absolute Gasteiger partial charge is 0.0161 e. The number of terminal acetylenes is 1. The van der Waals surface area contributed by atoms with Crippen LogP contribution in [0.4, 0.5) is 0 Å². The Balaban J connectivity index is 2.97. The molecule has 0 heterocycles. The summed E-state index contributed by atoms with van der Waals surface area (Å²) < 4.78 is 0. The number of nitrogens with one attached hydrogen (secondary N) is 1. The van der Waals surface area contributed by atoms with Gasteiger partial charge in [-0.1, -0.05) is 0 Å². The highest BCUT2D eigenvalue weighted by Crippen LogP contribution is 1.91. The van der Waals surface area contributed by atoms with Crippen LogP contribution in [0.2, 0.25) is 0 Å². The molecule has 0 amide bonds. The Kier molecular flexibility index (Phi) is 7.23. The zero-order chi connectivity index (χ0) is 8.53. The van der Waals surface area contributed by atoms with E-state index >= 15 is 0 Å². The number of unbranched alkanes of at least 4 members (excludes halogenated alkanes) is 2. The third-order valence-corrected chi connectivity index (χ3v) is 1.59. The van der Waals surface area contributed by atoms with Crippen molar-refractivity contribution in [1.82, 2.24) is 5.32 Å². The number of hydrogen-bond donors (Lipinski definition) is 2. The second-order valence-corrected chi connectivity index (χ2v) is 2.75. The molecular formula is C9H18N2. The first kappa shape index (κ1) is 10.5. The molecule has 0 radical (unpaired) electrons. The van der Waals surface area contributed by atoms with E-state index in [4.69, 9.17) is 12.2 Å². The SMILES string of the molecule is C#CCCCCNC(C)CN. The molecular weight excluding hydrogens is 136 g/mol. The van der Waals surface area contributed by atoms with E-state index in [2.05, 4.69) is 18.2 Å². The van der Waals surface area contributed by atoms with Gasteiger partial charge in [-0.3, -0.25) is 0 Å². The fourth-order valence-electron chi connectivity index (χ4n) is 0.784. The highest BCUT2D eigenvalue weighted by molar-refractivity contribution is 4.82. The molecule has 0 spiro atoms. The van der Waals surface area contributed by atoms with Crippen molar-refractivity contribution in [3.05, 3.63) is 0 Å². The summed E-state index contributed by atoms with van der Waals surface area (Å²) in [6, 6.07) is 0.431. The number of rotatable bonds is 6. The fourth-order valence-corrected chi connectivity index (χ4v) is 0.784. The van der Waals surface area contributed by atoms with Gasteiger partial charge in [-0.25, -0.2) is 0 Å². The third kappa shape index (κ3) is 7.38. The molecule has 0 aromatic heterocycles. The monoisotopic (exact) mass is 154 g/mol. The van der Waals surface area contributed by atoms with Gasteiger partial charge < -0.3 is 11.1 Å². The first-order valence-electron chi connectivity index (χ1n) is 4.18. The van der Waals surface area contributed by atoms with Crippen LogP contribution in [0.15, 0.2) is 0 Å². The Hall–Kier alpha value is -0.520. The van der Waals surface area contributed by atoms with Crippen molar-refractivity contribution in [2.75, 3.05) is 13.1 Å². The minimum absolute atomic E-state index is 0.431. The van der Waals surface area contributed by atoms with Crippen molar-refractivity contribution < 1.29 is 0 Å². The van der Waals surface area contributed by atoms with E-state index in [1.54, 1.807) is 0 Å². The molecule has 64 valence electrons. The predicted molar refractivity (Wildman–Crippen MR) is 49.2 cm³/mol. The van der Waals surface area contributed by atoms with Crippen molar-refractivity contribution in [2.24, 2.45) is 5.73 Å². The van der Waals surface area contributed by atoms with Crippen LogP contribution in [0.25, 0.3) is 0 Å². The maximum atomic E-state index is 5.42. The Morgan fingerprint density at radius 2 is 2.27 bits per heavy atom. The summed E-state index contributed by atoms with van der Waals surface area (Å²) in [6.45, 7) is 3.82. The zero-order valence-corrected chi connectivity index (χ0v) is 7.27. The average molecular weight is 154 g/mol. The first-order valence-corrected chi connectivity index (χ1v) is 4.18. The van der Waals surface area contributed by atoms with Gasteiger partial charge in [0.15, 0.2) is 0 Å². The normalized spacial score (nSPS) is 12.5. The topological polar surface area (TPSA) is 38.0 Å². The molecule has 11 heavy (non-hydrogen) atoms. The standard InChI is InChI=1S/C9H18N2/c1-3-4-5-6-7-11-9(2)8-10/h1,9,11H,4-8,10H2,2H3. The molecule has 0 saturated carbocycles. The van der Waals surface area contributed by atoms with E-state index < -0.39 is 0 Å². The van der Waals surface area contributed by atoms with Crippen LogP contribution in [-0.4, -0.2) is 19.1 Å². The van der Waals surface area contributed by atoms with Crippen LogP contribution < -0.4 is 11.1 Å². The molecule has 0 saturated heterocycles. The largest absolute Gasteiger partial charge is 0.329 e. The summed E-state index contributed by atoms with van der Waals surface area (Å²) in [5.74, 6) is 2.62. The lowest BCUT2D eigenvalue weighted by Gasteiger charge is -2.09. The van der Waals surface area contributed by atoms with Gasteiger partial charge in [0.05, 0.1) is 0 Å². The van der Waals surface area contributed by atoms with Crippen LogP contribution in [0.3, 0.4) is 0 Å². The van der Waals surface area contributed by atoms with Gasteiger partial charge in [0.2, 0.25) is 0 Å². The van der Waals surface area contributed by atoms with E-state index in [1.807, 2.05) is 0 Å². The molecule has 0 aromatic rings. The maximum absolute atomic E-state index is 5.42. The van der Waals surface area contributed by atoms with Gasteiger partial charge in [-0.05, 0) is 26.3 Å². The summed E-state index contributed by atoms with van der Waals surface area (Å²) in [7, 11) is 0. The summed E-state index contributed by atoms with van der Waals surface area (Å²) in [6.07, 6.45) is 8.25. The van der Waals surface area contributed by atoms with Crippen molar-refractivity contribution >= 4 is 0 Å². The average Bonchev–Trinajstić information content (AvgIpc) is 2.04. The van der Waals surface area contributed by atoms with E-state index in [1.165, 1.54) is 0 Å². The second kappa shape index (κ2) is 7.59. The van der Waals surface area contributed by atoms with Gasteiger partial charge in [0.1, 0.15) is 0 Å². The lowest BCUT2D eigenvalue weighted by molar-refractivity contribution is 0.536. The van der Waals surface area contributed by atoms with E-state index in [9.17, 15) is 0 Å². The van der Waals surface area contributed by atoms with Crippen LogP contribution in [0, 0.1) is 12.3 Å². The van der Waals surface area contributed by atoms with E-state index in [0.717, 1.165) is 25.8 Å². The van der Waals surface area contributed by atoms with Crippen LogP contribution in [0.1, 0.15) is 26.2 Å². The minimum Gasteiger partial charge on any atom is -0.329 e. The van der Waals surface area contributed by atoms with Crippen LogP contribution in [0.5, 0.6) is 0 Å². The van der Waals surface area contributed by atoms with Crippen molar-refractivity contribution in [2.45, 2.75) is 32.2 Å². The van der Waals surface area contributed by atoms with E-state index in [0.29, 0.717) is 12.6 Å². The lowest BCUT2D eigenvalue weighted by atomic mass is 10.2. The van der Waals surface area contributed by atoms with Gasteiger partial charge in [-0.15, -0.1) is 12.3 Å². The Morgan fingerprint density at radius 1 is 1.55 bits per heavy atom. The molecule has 0 aliphatic heterocycles. The fraction of sp³-hybridized carbons (Fsp3) is 0.778. The Morgan fingerprint density at radius 3 is 2.82 bits per heavy atom. The van der Waals surface area contributed by atoms with Crippen molar-refractivity contribution in [3.8, 4) is 12.3 Å². The molecule has 0 aromatic carbocycles. The highest BCUT2D eigenvalue weighted by Gasteiger charge is 1.94. The summed E-state index contributed by atoms with van der Waals surface area (Å²) in [4.78, 5) is 0. The molecule has 1 atom stereocenters. The number of hydrogen-bond acceptors (Lipinski definition) is 2. The van der Waals surface area contributed by atoms with Gasteiger partial charge >= 0.3 is 0 Å². The van der Waals surface area contributed by atoms with E-state index in [-0.39, 0.29) is 0 Å². The first-order chi connectivity index (χ1) is 5.31. The molecule has 0 aliphatic rings. The summed E-state index contributed by atoms with van der Waals surface area (Å²) in [5.41, 5.74) is 5.42. The van der Waals surface area contributed by atoms with Crippen molar-refractivity contribution in [1.29, 1.82) is 0 Å². The van der Waals surface area contributed by atoms with Crippen molar-refractivity contribution in [3.63, 3.8) is 0 Å². The summed E-state index contributed by atoms with van der Waals surface area (Å²) >= 11 is 0. The molecule has 2 nitrogen and oxygen atoms in total. The Labute approximate surface area is 69.5 Å². The number of nitrogens with two attached hydrogens (primary N) is 1. The molecule has 3 N–H and O–H groups in total. The molecule has 0 fully saturated rings. The van der Waals surface area contributed by atoms with Crippen LogP contribution in [-0.2, 0) is 0 Å². The third-order valence-electron chi connectivity index (χ3n) is 1.59. The Bertz CT molecular complexity index is 115. The molecule has 0 bridgehead atoms. The molecule has 1 unspecified atom stereocenters. The highest BCUT2D eigenvalue weighted by atomic mass is 14.9. The predicted octanol–water partition coefficient (Wildman–Crippen LogP) is 0.727. The summed E-state index contributed by atoms with van der Waals surface area (Å²) in [5, 5.41) is 3.30. The van der Waals surface area contributed by atoms with Crippen LogP contribution >= 0.6 is 0 Å². The zero-order valence-electron chi connectivity index (χ0n) is 7.27. The van der Waals surface area contributed by atoms with Gasteiger partial charge in [0.25, 0.3) is 0 Å². The maximum Gasteiger partial charge on any atom is 0.0161 e. The molecule has 2 heteroatoms.